The number of hydrogen-bond donors (Lipinski definition) is 1. The third-order valence-corrected chi connectivity index (χ3v) is 3.10. The van der Waals surface area contributed by atoms with E-state index >= 15 is 0 Å². The van der Waals surface area contributed by atoms with Crippen LogP contribution in [0, 0.1) is 0 Å². The SMILES string of the molecule is c1cc2sncc2c2c1NCC2. The van der Waals surface area contributed by atoms with Crippen LogP contribution < -0.4 is 5.32 Å². The van der Waals surface area contributed by atoms with Crippen LogP contribution in [-0.2, 0) is 6.42 Å². The molecular weight excluding hydrogens is 168 g/mol. The minimum Gasteiger partial charge on any atom is -0.384 e. The smallest absolute Gasteiger partial charge is 0.0554 e. The second-order valence-electron chi connectivity index (χ2n) is 3.01. The van der Waals surface area contributed by atoms with Gasteiger partial charge < -0.3 is 5.32 Å². The second kappa shape index (κ2) is 2.20. The molecule has 2 heterocycles. The summed E-state index contributed by atoms with van der Waals surface area (Å²) in [7, 11) is 0. The quantitative estimate of drug-likeness (QED) is 0.666. The molecule has 0 aliphatic carbocycles. The summed E-state index contributed by atoms with van der Waals surface area (Å²) in [5, 5.41) is 4.69. The molecule has 0 saturated carbocycles. The van der Waals surface area contributed by atoms with Gasteiger partial charge in [-0.25, -0.2) is 0 Å². The zero-order valence-electron chi connectivity index (χ0n) is 6.50. The first kappa shape index (κ1) is 6.43. The first-order valence-electron chi connectivity index (χ1n) is 4.05. The van der Waals surface area contributed by atoms with Gasteiger partial charge in [-0.15, -0.1) is 0 Å². The lowest BCUT2D eigenvalue weighted by Crippen LogP contribution is -1.90. The van der Waals surface area contributed by atoms with Gasteiger partial charge in [-0.1, -0.05) is 0 Å². The molecule has 2 aromatic rings. The van der Waals surface area contributed by atoms with E-state index in [0.717, 1.165) is 13.0 Å². The summed E-state index contributed by atoms with van der Waals surface area (Å²) in [6.07, 6.45) is 3.12. The van der Waals surface area contributed by atoms with Crippen molar-refractivity contribution in [3.8, 4) is 0 Å². The maximum absolute atomic E-state index is 4.19. The molecule has 0 fully saturated rings. The standard InChI is InChI=1S/C9H8N2S/c1-2-9-7(5-11-12-9)6-3-4-10-8(1)6/h1-2,5,10H,3-4H2. The van der Waals surface area contributed by atoms with E-state index in [9.17, 15) is 0 Å². The Balaban J connectivity index is 2.46. The molecule has 1 aliphatic heterocycles. The molecule has 12 heavy (non-hydrogen) atoms. The molecule has 3 heteroatoms. The first-order valence-corrected chi connectivity index (χ1v) is 4.82. The topological polar surface area (TPSA) is 24.9 Å². The van der Waals surface area contributed by atoms with Crippen LogP contribution in [0.3, 0.4) is 0 Å². The molecule has 0 bridgehead atoms. The molecule has 0 amide bonds. The van der Waals surface area contributed by atoms with Crippen molar-refractivity contribution in [2.24, 2.45) is 0 Å². The van der Waals surface area contributed by atoms with Gasteiger partial charge in [-0.2, -0.15) is 4.37 Å². The summed E-state index contributed by atoms with van der Waals surface area (Å²) in [5.41, 5.74) is 2.74. The van der Waals surface area contributed by atoms with E-state index in [2.05, 4.69) is 21.8 Å². The van der Waals surface area contributed by atoms with Crippen LogP contribution in [0.25, 0.3) is 10.1 Å². The van der Waals surface area contributed by atoms with Gasteiger partial charge in [0.15, 0.2) is 0 Å². The van der Waals surface area contributed by atoms with Crippen LogP contribution in [0.2, 0.25) is 0 Å². The number of anilines is 1. The molecule has 3 rings (SSSR count). The molecule has 0 saturated heterocycles. The van der Waals surface area contributed by atoms with Crippen molar-refractivity contribution in [2.75, 3.05) is 11.9 Å². The highest BCUT2D eigenvalue weighted by molar-refractivity contribution is 7.13. The Morgan fingerprint density at radius 3 is 3.42 bits per heavy atom. The van der Waals surface area contributed by atoms with E-state index in [1.807, 2.05) is 6.20 Å². The average molecular weight is 176 g/mol. The van der Waals surface area contributed by atoms with E-state index in [1.54, 1.807) is 11.5 Å². The predicted octanol–water partition coefficient (Wildman–Crippen LogP) is 2.26. The molecule has 2 nitrogen and oxygen atoms in total. The zero-order valence-corrected chi connectivity index (χ0v) is 7.32. The van der Waals surface area contributed by atoms with Gasteiger partial charge >= 0.3 is 0 Å². The van der Waals surface area contributed by atoms with Crippen LogP contribution in [0.1, 0.15) is 5.56 Å². The number of fused-ring (bicyclic) bond motifs is 3. The van der Waals surface area contributed by atoms with Crippen molar-refractivity contribution in [3.05, 3.63) is 23.9 Å². The highest BCUT2D eigenvalue weighted by Gasteiger charge is 2.13. The fourth-order valence-corrected chi connectivity index (χ4v) is 2.43. The highest BCUT2D eigenvalue weighted by Crippen LogP contribution is 2.31. The Bertz CT molecular complexity index is 433. The van der Waals surface area contributed by atoms with Gasteiger partial charge in [0.2, 0.25) is 0 Å². The summed E-state index contributed by atoms with van der Waals surface area (Å²) in [6, 6.07) is 4.30. The van der Waals surface area contributed by atoms with Crippen molar-refractivity contribution in [1.29, 1.82) is 0 Å². The van der Waals surface area contributed by atoms with Gasteiger partial charge in [0, 0.05) is 23.8 Å². The fourth-order valence-electron chi connectivity index (χ4n) is 1.76. The number of nitrogens with one attached hydrogen (secondary N) is 1. The predicted molar refractivity (Wildman–Crippen MR) is 51.8 cm³/mol. The average Bonchev–Trinajstić information content (AvgIpc) is 2.71. The minimum atomic E-state index is 1.07. The molecule has 0 radical (unpaired) electrons. The Morgan fingerprint density at radius 1 is 1.42 bits per heavy atom. The Kier molecular flexibility index (Phi) is 1.18. The summed E-state index contributed by atoms with van der Waals surface area (Å²) >= 11 is 1.58. The summed E-state index contributed by atoms with van der Waals surface area (Å²) in [6.45, 7) is 1.07. The summed E-state index contributed by atoms with van der Waals surface area (Å²) in [5.74, 6) is 0. The van der Waals surface area contributed by atoms with Crippen LogP contribution in [0.15, 0.2) is 18.3 Å². The zero-order chi connectivity index (χ0) is 7.97. The number of hydrogen-bond acceptors (Lipinski definition) is 3. The number of aromatic nitrogens is 1. The largest absolute Gasteiger partial charge is 0.384 e. The Hall–Kier alpha value is -1.09. The fraction of sp³-hybridized carbons (Fsp3) is 0.222. The lowest BCUT2D eigenvalue weighted by molar-refractivity contribution is 1.11. The van der Waals surface area contributed by atoms with Gasteiger partial charge in [-0.3, -0.25) is 0 Å². The van der Waals surface area contributed by atoms with E-state index in [1.165, 1.54) is 21.3 Å². The van der Waals surface area contributed by atoms with Crippen LogP contribution in [-0.4, -0.2) is 10.9 Å². The van der Waals surface area contributed by atoms with Crippen LogP contribution >= 0.6 is 11.5 Å². The summed E-state index contributed by atoms with van der Waals surface area (Å²) in [4.78, 5) is 0. The van der Waals surface area contributed by atoms with Crippen LogP contribution in [0.5, 0.6) is 0 Å². The third-order valence-electron chi connectivity index (χ3n) is 2.34. The summed E-state index contributed by atoms with van der Waals surface area (Å²) < 4.78 is 5.50. The Labute approximate surface area is 74.4 Å². The monoisotopic (exact) mass is 176 g/mol. The molecule has 1 aromatic heterocycles. The number of benzene rings is 1. The van der Waals surface area contributed by atoms with E-state index in [0.29, 0.717) is 0 Å². The molecule has 1 aromatic carbocycles. The van der Waals surface area contributed by atoms with Crippen molar-refractivity contribution in [1.82, 2.24) is 4.37 Å². The number of nitrogens with zero attached hydrogens (tertiary/aromatic N) is 1. The van der Waals surface area contributed by atoms with Gasteiger partial charge in [0.25, 0.3) is 0 Å². The highest BCUT2D eigenvalue weighted by atomic mass is 32.1. The van der Waals surface area contributed by atoms with E-state index in [4.69, 9.17) is 0 Å². The van der Waals surface area contributed by atoms with Gasteiger partial charge in [-0.05, 0) is 35.6 Å². The lowest BCUT2D eigenvalue weighted by atomic mass is 10.1. The molecular formula is C9H8N2S. The van der Waals surface area contributed by atoms with Crippen LogP contribution in [0.4, 0.5) is 5.69 Å². The third kappa shape index (κ3) is 0.716. The minimum absolute atomic E-state index is 1.07. The number of rotatable bonds is 0. The second-order valence-corrected chi connectivity index (χ2v) is 3.84. The van der Waals surface area contributed by atoms with Crippen molar-refractivity contribution in [2.45, 2.75) is 6.42 Å². The van der Waals surface area contributed by atoms with Crippen molar-refractivity contribution in [3.63, 3.8) is 0 Å². The maximum Gasteiger partial charge on any atom is 0.0554 e. The van der Waals surface area contributed by atoms with Crippen molar-refractivity contribution < 1.29 is 0 Å². The lowest BCUT2D eigenvalue weighted by Gasteiger charge is -1.98. The molecule has 60 valence electrons. The Morgan fingerprint density at radius 2 is 2.42 bits per heavy atom. The normalized spacial score (nSPS) is 14.7. The maximum atomic E-state index is 4.19. The molecule has 1 N–H and O–H groups in total. The molecule has 0 unspecified atom stereocenters. The first-order chi connectivity index (χ1) is 5.95. The van der Waals surface area contributed by atoms with E-state index < -0.39 is 0 Å². The molecule has 0 atom stereocenters. The van der Waals surface area contributed by atoms with Gasteiger partial charge in [0.1, 0.15) is 0 Å². The van der Waals surface area contributed by atoms with E-state index in [-0.39, 0.29) is 0 Å². The van der Waals surface area contributed by atoms with Crippen molar-refractivity contribution >= 4 is 27.3 Å². The molecule has 1 aliphatic rings. The van der Waals surface area contributed by atoms with Gasteiger partial charge in [0.05, 0.1) is 4.70 Å². The molecule has 0 spiro atoms.